The predicted octanol–water partition coefficient (Wildman–Crippen LogP) is 5.04. The van der Waals surface area contributed by atoms with Gasteiger partial charge in [0, 0.05) is 13.1 Å². The average molecular weight is 619 g/mol. The molecule has 252 valence electrons. The molecule has 0 aromatic carbocycles. The van der Waals surface area contributed by atoms with Crippen molar-refractivity contribution in [2.24, 2.45) is 39.6 Å². The van der Waals surface area contributed by atoms with Crippen molar-refractivity contribution in [3.8, 4) is 0 Å². The van der Waals surface area contributed by atoms with Gasteiger partial charge in [0.05, 0.1) is 17.6 Å². The highest BCUT2D eigenvalue weighted by molar-refractivity contribution is 6.48. The van der Waals surface area contributed by atoms with Crippen LogP contribution < -0.4 is 27.4 Å². The van der Waals surface area contributed by atoms with Crippen LogP contribution in [0.5, 0.6) is 0 Å². The van der Waals surface area contributed by atoms with E-state index in [1.165, 1.54) is 51.4 Å². The molecule has 0 spiro atoms. The Morgan fingerprint density at radius 1 is 0.955 bits per heavy atom. The molecular weight excluding hydrogens is 555 g/mol. The maximum absolute atomic E-state index is 13.7. The lowest BCUT2D eigenvalue weighted by Gasteiger charge is -2.64. The highest BCUT2D eigenvalue weighted by atomic mass is 16.7. The molecule has 4 fully saturated rings. The molecule has 1 saturated heterocycles. The second-order valence-electron chi connectivity index (χ2n) is 14.8. The van der Waals surface area contributed by atoms with Gasteiger partial charge in [-0.2, -0.15) is 0 Å². The van der Waals surface area contributed by atoms with Crippen LogP contribution in [-0.2, 0) is 14.1 Å². The molecule has 11 heteroatoms. The van der Waals surface area contributed by atoms with Gasteiger partial charge in [-0.3, -0.25) is 9.79 Å². The molecule has 0 aromatic rings. The summed E-state index contributed by atoms with van der Waals surface area (Å²) in [7, 11) is -0.519. The Labute approximate surface area is 267 Å². The molecule has 6 atom stereocenters. The Morgan fingerprint density at radius 3 is 2.23 bits per heavy atom. The highest BCUT2D eigenvalue weighted by Gasteiger charge is 2.68. The molecule has 0 radical (unpaired) electrons. The summed E-state index contributed by atoms with van der Waals surface area (Å²) in [5.74, 6) is 0.868. The summed E-state index contributed by atoms with van der Waals surface area (Å²) in [6.07, 6.45) is 14.9. The Morgan fingerprint density at radius 2 is 1.61 bits per heavy atom. The highest BCUT2D eigenvalue weighted by Crippen LogP contribution is 2.65. The SMILES string of the molecule is CCCCCCCCCCCNC(=O)N[C@@H](CCCN=C(N)N)C(=O)N[C@@H](CC(C)C)B1O[C@@H]2C[C@@H]3C[C@@H](C3(C)C)[C@]2(C)O1. The number of unbranched alkanes of at least 4 members (excludes halogenated alkanes) is 8. The van der Waals surface area contributed by atoms with Crippen LogP contribution in [0.3, 0.4) is 0 Å². The lowest BCUT2D eigenvalue weighted by Crippen LogP contribution is -2.65. The van der Waals surface area contributed by atoms with Gasteiger partial charge >= 0.3 is 13.1 Å². The van der Waals surface area contributed by atoms with Crippen molar-refractivity contribution in [3.63, 3.8) is 0 Å². The number of urea groups is 1. The summed E-state index contributed by atoms with van der Waals surface area (Å²) in [6, 6.07) is -1.06. The first-order chi connectivity index (χ1) is 20.9. The van der Waals surface area contributed by atoms with Gasteiger partial charge in [-0.25, -0.2) is 4.79 Å². The number of amides is 3. The van der Waals surface area contributed by atoms with Gasteiger partial charge in [0.15, 0.2) is 5.96 Å². The van der Waals surface area contributed by atoms with Crippen LogP contribution in [0.25, 0.3) is 0 Å². The van der Waals surface area contributed by atoms with Crippen molar-refractivity contribution in [2.75, 3.05) is 13.1 Å². The van der Waals surface area contributed by atoms with Gasteiger partial charge in [-0.05, 0) is 68.6 Å². The first-order valence-corrected chi connectivity index (χ1v) is 17.6. The molecule has 0 unspecified atom stereocenters. The van der Waals surface area contributed by atoms with E-state index >= 15 is 0 Å². The minimum atomic E-state index is -0.729. The van der Waals surface area contributed by atoms with E-state index in [0.29, 0.717) is 50.1 Å². The zero-order chi connectivity index (χ0) is 32.3. The standard InChI is InChI=1S/C33H63BN6O4/c1-7-8-9-10-11-12-13-14-15-18-38-31(42)39-25(17-16-19-37-30(35)36)29(41)40-28(20-23(2)3)34-43-27-22-24-21-26(32(24,4)5)33(27,6)44-34/h23-28H,7-22H2,1-6H3,(H,40,41)(H4,35,36,37)(H2,38,39,42)/t24-,25-,26-,27+,28-,33-/m0/s1. The van der Waals surface area contributed by atoms with E-state index in [9.17, 15) is 9.59 Å². The van der Waals surface area contributed by atoms with E-state index in [0.717, 1.165) is 19.3 Å². The van der Waals surface area contributed by atoms with E-state index in [4.69, 9.17) is 20.8 Å². The minimum absolute atomic E-state index is 0.0150. The number of nitrogens with zero attached hydrogens (tertiary/aromatic N) is 1. The number of guanidine groups is 1. The summed E-state index contributed by atoms with van der Waals surface area (Å²) in [4.78, 5) is 30.6. The van der Waals surface area contributed by atoms with Gasteiger partial charge < -0.3 is 36.7 Å². The van der Waals surface area contributed by atoms with E-state index in [1.807, 2.05) is 0 Å². The van der Waals surface area contributed by atoms with Gasteiger partial charge in [0.2, 0.25) is 5.91 Å². The molecule has 1 heterocycles. The lowest BCUT2D eigenvalue weighted by atomic mass is 9.43. The summed E-state index contributed by atoms with van der Waals surface area (Å²) >= 11 is 0. The lowest BCUT2D eigenvalue weighted by molar-refractivity contribution is -0.199. The summed E-state index contributed by atoms with van der Waals surface area (Å²) in [5, 5.41) is 9.07. The van der Waals surface area contributed by atoms with Crippen LogP contribution in [0.2, 0.25) is 0 Å². The van der Waals surface area contributed by atoms with Crippen molar-refractivity contribution in [1.29, 1.82) is 0 Å². The molecule has 7 N–H and O–H groups in total. The molecule has 0 aromatic heterocycles. The number of carbonyl (C=O) groups excluding carboxylic acids is 2. The molecule has 10 nitrogen and oxygen atoms in total. The molecule has 3 saturated carbocycles. The van der Waals surface area contributed by atoms with Crippen LogP contribution in [0.4, 0.5) is 4.79 Å². The zero-order valence-corrected chi connectivity index (χ0v) is 28.6. The van der Waals surface area contributed by atoms with Gasteiger partial charge in [0.1, 0.15) is 6.04 Å². The van der Waals surface area contributed by atoms with Crippen LogP contribution in [0, 0.1) is 23.2 Å². The summed E-state index contributed by atoms with van der Waals surface area (Å²) < 4.78 is 13.3. The van der Waals surface area contributed by atoms with Crippen LogP contribution in [-0.4, -0.2) is 61.8 Å². The maximum atomic E-state index is 13.7. The Bertz CT molecular complexity index is 945. The first-order valence-electron chi connectivity index (χ1n) is 17.6. The topological polar surface area (TPSA) is 153 Å². The minimum Gasteiger partial charge on any atom is -0.404 e. The molecule has 2 bridgehead atoms. The third-order valence-corrected chi connectivity index (χ3v) is 10.5. The van der Waals surface area contributed by atoms with E-state index in [1.54, 1.807) is 0 Å². The molecule has 44 heavy (non-hydrogen) atoms. The van der Waals surface area contributed by atoms with Crippen LogP contribution >= 0.6 is 0 Å². The number of nitrogens with two attached hydrogens (primary N) is 2. The van der Waals surface area contributed by atoms with E-state index in [2.05, 4.69) is 62.5 Å². The predicted molar refractivity (Wildman–Crippen MR) is 179 cm³/mol. The van der Waals surface area contributed by atoms with Gasteiger partial charge in [-0.15, -0.1) is 0 Å². The quantitative estimate of drug-likeness (QED) is 0.0558. The molecule has 4 rings (SSSR count). The molecule has 4 aliphatic rings. The van der Waals surface area contributed by atoms with Crippen LogP contribution in [0.15, 0.2) is 4.99 Å². The monoisotopic (exact) mass is 619 g/mol. The van der Waals surface area contributed by atoms with Crippen molar-refractivity contribution in [1.82, 2.24) is 16.0 Å². The average Bonchev–Trinajstić information content (AvgIpc) is 3.32. The Balaban J connectivity index is 1.53. The summed E-state index contributed by atoms with van der Waals surface area (Å²) in [6.45, 7) is 14.4. The van der Waals surface area contributed by atoms with Crippen molar-refractivity contribution < 1.29 is 18.9 Å². The molecular formula is C33H63BN6O4. The number of nitrogens with one attached hydrogen (secondary N) is 3. The van der Waals surface area contributed by atoms with Gasteiger partial charge in [0.25, 0.3) is 0 Å². The normalized spacial score (nSPS) is 26.3. The molecule has 3 aliphatic carbocycles. The van der Waals surface area contributed by atoms with Crippen molar-refractivity contribution >= 4 is 25.0 Å². The zero-order valence-electron chi connectivity index (χ0n) is 28.6. The fourth-order valence-corrected chi connectivity index (χ4v) is 7.72. The maximum Gasteiger partial charge on any atom is 0.481 e. The number of carbonyl (C=O) groups is 2. The van der Waals surface area contributed by atoms with E-state index < -0.39 is 13.2 Å². The fourth-order valence-electron chi connectivity index (χ4n) is 7.72. The van der Waals surface area contributed by atoms with E-state index in [-0.39, 0.29) is 41.0 Å². The molecule has 1 aliphatic heterocycles. The number of hydrogen-bond acceptors (Lipinski definition) is 5. The Hall–Kier alpha value is -2.01. The second-order valence-corrected chi connectivity index (χ2v) is 14.8. The largest absolute Gasteiger partial charge is 0.481 e. The third kappa shape index (κ3) is 10.00. The van der Waals surface area contributed by atoms with Gasteiger partial charge in [-0.1, -0.05) is 86.0 Å². The number of hydrogen-bond donors (Lipinski definition) is 5. The fraction of sp³-hybridized carbons (Fsp3) is 0.909. The van der Waals surface area contributed by atoms with Crippen molar-refractivity contribution in [3.05, 3.63) is 0 Å². The third-order valence-electron chi connectivity index (χ3n) is 10.5. The van der Waals surface area contributed by atoms with Crippen LogP contribution in [0.1, 0.15) is 131 Å². The second kappa shape index (κ2) is 17.1. The first kappa shape index (κ1) is 36.5. The smallest absolute Gasteiger partial charge is 0.404 e. The summed E-state index contributed by atoms with van der Waals surface area (Å²) in [5.41, 5.74) is 10.9. The Kier molecular flexibility index (Phi) is 14.1. The molecule has 3 amide bonds. The van der Waals surface area contributed by atoms with Crippen molar-refractivity contribution in [2.45, 2.75) is 155 Å². The number of rotatable bonds is 20. The number of aliphatic imine (C=N–C) groups is 1.